The molecule has 0 bridgehead atoms. The first-order valence-corrected chi connectivity index (χ1v) is 11.3. The van der Waals surface area contributed by atoms with Gasteiger partial charge >= 0.3 is 0 Å². The number of unbranched alkanes of at least 4 members (excludes halogenated alkanes) is 2. The Bertz CT molecular complexity index is 669. The van der Waals surface area contributed by atoms with Gasteiger partial charge in [0.25, 0.3) is 0 Å². The van der Waals surface area contributed by atoms with Crippen molar-refractivity contribution >= 4 is 23.5 Å². The van der Waals surface area contributed by atoms with Crippen LogP contribution in [-0.4, -0.2) is 23.2 Å². The Morgan fingerprint density at radius 1 is 0.923 bits per heavy atom. The van der Waals surface area contributed by atoms with E-state index >= 15 is 0 Å². The smallest absolute Gasteiger partial charge is 0.153 e. The first-order chi connectivity index (χ1) is 12.6. The van der Waals surface area contributed by atoms with Gasteiger partial charge in [-0.05, 0) is 12.8 Å². The molecular formula is C22H29O3P. The number of hydrogen-bond donors (Lipinski definition) is 1. The molecule has 2 aromatic carbocycles. The van der Waals surface area contributed by atoms with E-state index in [2.05, 4.69) is 6.92 Å². The van der Waals surface area contributed by atoms with Gasteiger partial charge in [-0.3, -0.25) is 4.79 Å². The van der Waals surface area contributed by atoms with Crippen molar-refractivity contribution in [2.75, 3.05) is 6.61 Å². The summed E-state index contributed by atoms with van der Waals surface area (Å²) >= 11 is 0. The third-order valence-electron chi connectivity index (χ3n) is 4.75. The van der Waals surface area contributed by atoms with Crippen LogP contribution in [0.3, 0.4) is 0 Å². The van der Waals surface area contributed by atoms with Crippen LogP contribution >= 0.6 is 7.14 Å². The van der Waals surface area contributed by atoms with E-state index in [4.69, 9.17) is 5.11 Å². The molecular weight excluding hydrogens is 343 g/mol. The highest BCUT2D eigenvalue weighted by Gasteiger charge is 2.40. The second-order valence-electron chi connectivity index (χ2n) is 6.63. The number of aliphatic hydroxyl groups excluding tert-OH is 1. The molecule has 0 aliphatic heterocycles. The Labute approximate surface area is 156 Å². The SMILES string of the molecule is CCCCCC(C(=O)CCCO)P(=O)(c1ccccc1)c1ccccc1. The van der Waals surface area contributed by atoms with E-state index in [0.29, 0.717) is 12.8 Å². The van der Waals surface area contributed by atoms with Crippen molar-refractivity contribution in [2.24, 2.45) is 0 Å². The second kappa shape index (κ2) is 10.4. The molecule has 0 amide bonds. The van der Waals surface area contributed by atoms with E-state index in [9.17, 15) is 9.36 Å². The number of carbonyl (C=O) groups excluding carboxylic acids is 1. The minimum absolute atomic E-state index is 0.00573. The van der Waals surface area contributed by atoms with Gasteiger partial charge in [-0.2, -0.15) is 0 Å². The molecule has 0 aliphatic carbocycles. The highest BCUT2D eigenvalue weighted by Crippen LogP contribution is 2.51. The number of hydrogen-bond acceptors (Lipinski definition) is 3. The minimum atomic E-state index is -3.10. The van der Waals surface area contributed by atoms with Crippen LogP contribution in [0.2, 0.25) is 0 Å². The highest BCUT2D eigenvalue weighted by molar-refractivity contribution is 7.80. The average molecular weight is 372 g/mol. The summed E-state index contributed by atoms with van der Waals surface area (Å²) in [6.45, 7) is 2.10. The van der Waals surface area contributed by atoms with Crippen LogP contribution in [-0.2, 0) is 9.36 Å². The molecule has 4 heteroatoms. The first kappa shape index (κ1) is 20.6. The Hall–Kier alpha value is -1.70. The van der Waals surface area contributed by atoms with Crippen LogP contribution in [0.1, 0.15) is 45.4 Å². The zero-order valence-corrected chi connectivity index (χ0v) is 16.4. The Morgan fingerprint density at radius 2 is 1.46 bits per heavy atom. The predicted octanol–water partition coefficient (Wildman–Crippen LogP) is 4.29. The van der Waals surface area contributed by atoms with Crippen molar-refractivity contribution in [1.82, 2.24) is 0 Å². The molecule has 3 nitrogen and oxygen atoms in total. The van der Waals surface area contributed by atoms with E-state index in [0.717, 1.165) is 29.9 Å². The fourth-order valence-corrected chi connectivity index (χ4v) is 6.69. The molecule has 0 heterocycles. The number of carbonyl (C=O) groups is 1. The summed E-state index contributed by atoms with van der Waals surface area (Å²) in [4.78, 5) is 13.0. The number of rotatable bonds is 11. The summed E-state index contributed by atoms with van der Waals surface area (Å²) in [7, 11) is -3.10. The van der Waals surface area contributed by atoms with Crippen LogP contribution in [0.5, 0.6) is 0 Å². The van der Waals surface area contributed by atoms with Crippen molar-refractivity contribution in [2.45, 2.75) is 51.1 Å². The molecule has 0 saturated carbocycles. The summed E-state index contributed by atoms with van der Waals surface area (Å²) in [5.74, 6) is 0.00573. The summed E-state index contributed by atoms with van der Waals surface area (Å²) in [5, 5.41) is 10.6. The van der Waals surface area contributed by atoms with Gasteiger partial charge in [0.1, 0.15) is 5.78 Å². The second-order valence-corrected chi connectivity index (χ2v) is 9.61. The molecule has 140 valence electrons. The predicted molar refractivity (Wildman–Crippen MR) is 109 cm³/mol. The molecule has 0 aromatic heterocycles. The first-order valence-electron chi connectivity index (χ1n) is 9.49. The molecule has 0 radical (unpaired) electrons. The molecule has 0 spiro atoms. The van der Waals surface area contributed by atoms with Crippen molar-refractivity contribution in [3.63, 3.8) is 0 Å². The van der Waals surface area contributed by atoms with E-state index < -0.39 is 12.8 Å². The van der Waals surface area contributed by atoms with Gasteiger partial charge in [0.2, 0.25) is 0 Å². The maximum atomic E-state index is 14.4. The standard InChI is InChI=1S/C22H29O3P/c1-2-3-6-17-22(21(24)16-11-18-23)26(25,19-12-7-4-8-13-19)20-14-9-5-10-15-20/h4-5,7-10,12-15,22-23H,2-3,6,11,16-18H2,1H3. The molecule has 2 aromatic rings. The lowest BCUT2D eigenvalue weighted by Crippen LogP contribution is -2.32. The van der Waals surface area contributed by atoms with Crippen LogP contribution < -0.4 is 10.6 Å². The zero-order valence-electron chi connectivity index (χ0n) is 15.5. The molecule has 2 rings (SSSR count). The van der Waals surface area contributed by atoms with Gasteiger partial charge in [0, 0.05) is 23.6 Å². The molecule has 1 N–H and O–H groups in total. The van der Waals surface area contributed by atoms with E-state index in [1.165, 1.54) is 0 Å². The monoisotopic (exact) mass is 372 g/mol. The maximum Gasteiger partial charge on any atom is 0.153 e. The quantitative estimate of drug-likeness (QED) is 0.473. The minimum Gasteiger partial charge on any atom is -0.396 e. The number of ketones is 1. The van der Waals surface area contributed by atoms with Gasteiger partial charge in [-0.1, -0.05) is 86.8 Å². The Balaban J connectivity index is 2.50. The van der Waals surface area contributed by atoms with Crippen LogP contribution in [0.4, 0.5) is 0 Å². The average Bonchev–Trinajstić information content (AvgIpc) is 2.70. The normalized spacial score (nSPS) is 12.7. The fourth-order valence-electron chi connectivity index (χ4n) is 3.36. The molecule has 1 atom stereocenters. The van der Waals surface area contributed by atoms with Gasteiger partial charge in [0.05, 0.1) is 5.66 Å². The molecule has 0 saturated heterocycles. The van der Waals surface area contributed by atoms with Crippen molar-refractivity contribution < 1.29 is 14.5 Å². The molecule has 0 fully saturated rings. The largest absolute Gasteiger partial charge is 0.396 e. The van der Waals surface area contributed by atoms with Gasteiger partial charge in [-0.25, -0.2) is 0 Å². The van der Waals surface area contributed by atoms with Crippen LogP contribution in [0, 0.1) is 0 Å². The van der Waals surface area contributed by atoms with Crippen LogP contribution in [0.15, 0.2) is 60.7 Å². The molecule has 26 heavy (non-hydrogen) atoms. The summed E-state index contributed by atoms with van der Waals surface area (Å²) < 4.78 is 14.4. The lowest BCUT2D eigenvalue weighted by atomic mass is 10.1. The number of Topliss-reactive ketones (excluding diaryl/α,β-unsaturated/α-hetero) is 1. The third-order valence-corrected chi connectivity index (χ3v) is 8.31. The van der Waals surface area contributed by atoms with E-state index in [1.807, 2.05) is 60.7 Å². The van der Waals surface area contributed by atoms with Gasteiger partial charge < -0.3 is 9.67 Å². The number of aliphatic hydroxyl groups is 1. The molecule has 1 unspecified atom stereocenters. The lowest BCUT2D eigenvalue weighted by Gasteiger charge is -2.28. The Morgan fingerprint density at radius 3 is 1.92 bits per heavy atom. The fraction of sp³-hybridized carbons (Fsp3) is 0.409. The van der Waals surface area contributed by atoms with E-state index in [1.54, 1.807) is 0 Å². The summed E-state index contributed by atoms with van der Waals surface area (Å²) in [5.41, 5.74) is -0.523. The lowest BCUT2D eigenvalue weighted by molar-refractivity contribution is -0.119. The van der Waals surface area contributed by atoms with Crippen molar-refractivity contribution in [1.29, 1.82) is 0 Å². The van der Waals surface area contributed by atoms with Gasteiger partial charge in [0.15, 0.2) is 7.14 Å². The highest BCUT2D eigenvalue weighted by atomic mass is 31.2. The third kappa shape index (κ3) is 4.93. The Kier molecular flexibility index (Phi) is 8.28. The topological polar surface area (TPSA) is 54.4 Å². The zero-order chi connectivity index (χ0) is 18.8. The number of benzene rings is 2. The van der Waals surface area contributed by atoms with Crippen molar-refractivity contribution in [3.05, 3.63) is 60.7 Å². The van der Waals surface area contributed by atoms with Gasteiger partial charge in [-0.15, -0.1) is 0 Å². The summed E-state index contributed by atoms with van der Waals surface area (Å²) in [6, 6.07) is 18.8. The maximum absolute atomic E-state index is 14.4. The molecule has 0 aliphatic rings. The van der Waals surface area contributed by atoms with Crippen LogP contribution in [0.25, 0.3) is 0 Å². The van der Waals surface area contributed by atoms with E-state index in [-0.39, 0.29) is 18.8 Å². The van der Waals surface area contributed by atoms with Crippen molar-refractivity contribution in [3.8, 4) is 0 Å². The summed E-state index contributed by atoms with van der Waals surface area (Å²) in [6.07, 6.45) is 4.28.